The molecule has 0 heterocycles. The first-order chi connectivity index (χ1) is 5.81. The predicted octanol–water partition coefficient (Wildman–Crippen LogP) is 2.32. The Morgan fingerprint density at radius 3 is 2.83 bits per heavy atom. The van der Waals surface area contributed by atoms with Gasteiger partial charge in [0, 0.05) is 11.8 Å². The van der Waals surface area contributed by atoms with Crippen LogP contribution in [0.15, 0.2) is 12.2 Å². The third kappa shape index (κ3) is 0.634. The average molecular weight is 162 g/mol. The normalized spacial score (nSPS) is 49.8. The summed E-state index contributed by atoms with van der Waals surface area (Å²) in [5, 5.41) is 0. The Morgan fingerprint density at radius 2 is 2.33 bits per heavy atom. The van der Waals surface area contributed by atoms with Crippen molar-refractivity contribution < 1.29 is 4.79 Å². The van der Waals surface area contributed by atoms with E-state index < -0.39 is 0 Å². The van der Waals surface area contributed by atoms with Crippen LogP contribution in [0.25, 0.3) is 0 Å². The molecule has 1 nitrogen and oxygen atoms in total. The second-order valence-electron chi connectivity index (χ2n) is 4.62. The molecule has 0 aromatic heterocycles. The van der Waals surface area contributed by atoms with Crippen LogP contribution in [0.3, 0.4) is 0 Å². The van der Waals surface area contributed by atoms with E-state index in [-0.39, 0.29) is 5.41 Å². The summed E-state index contributed by atoms with van der Waals surface area (Å²) in [4.78, 5) is 11.8. The predicted molar refractivity (Wildman–Crippen MR) is 46.6 cm³/mol. The molecule has 2 fully saturated rings. The van der Waals surface area contributed by atoms with Crippen LogP contribution in [-0.4, -0.2) is 5.78 Å². The maximum absolute atomic E-state index is 11.8. The summed E-state index contributed by atoms with van der Waals surface area (Å²) in [5.74, 6) is 1.94. The van der Waals surface area contributed by atoms with Gasteiger partial charge in [0.1, 0.15) is 5.78 Å². The van der Waals surface area contributed by atoms with E-state index in [1.54, 1.807) is 0 Å². The zero-order valence-corrected chi connectivity index (χ0v) is 7.25. The summed E-state index contributed by atoms with van der Waals surface area (Å²) in [6, 6.07) is 0. The molecule has 3 rings (SSSR count). The zero-order valence-electron chi connectivity index (χ0n) is 7.25. The third-order valence-electron chi connectivity index (χ3n) is 4.09. The van der Waals surface area contributed by atoms with Crippen molar-refractivity contribution in [1.82, 2.24) is 0 Å². The zero-order chi connectivity index (χ0) is 8.18. The molecule has 0 radical (unpaired) electrons. The van der Waals surface area contributed by atoms with Crippen LogP contribution >= 0.6 is 0 Å². The molecule has 3 atom stereocenters. The lowest BCUT2D eigenvalue weighted by molar-refractivity contribution is -0.127. The van der Waals surface area contributed by atoms with Gasteiger partial charge < -0.3 is 0 Å². The van der Waals surface area contributed by atoms with E-state index in [1.807, 2.05) is 0 Å². The Kier molecular flexibility index (Phi) is 1.15. The van der Waals surface area contributed by atoms with Crippen molar-refractivity contribution >= 4 is 5.78 Å². The third-order valence-corrected chi connectivity index (χ3v) is 4.09. The Balaban J connectivity index is 2.02. The van der Waals surface area contributed by atoms with E-state index in [4.69, 9.17) is 0 Å². The van der Waals surface area contributed by atoms with Crippen LogP contribution in [0.5, 0.6) is 0 Å². The number of fused-ring (bicyclic) bond motifs is 3. The summed E-state index contributed by atoms with van der Waals surface area (Å²) in [5.41, 5.74) is 0.138. The van der Waals surface area contributed by atoms with Gasteiger partial charge in [-0.05, 0) is 37.5 Å². The van der Waals surface area contributed by atoms with Crippen molar-refractivity contribution in [2.24, 2.45) is 17.3 Å². The lowest BCUT2D eigenvalue weighted by Crippen LogP contribution is -2.29. The van der Waals surface area contributed by atoms with Gasteiger partial charge in [-0.25, -0.2) is 0 Å². The van der Waals surface area contributed by atoms with Crippen LogP contribution in [0.2, 0.25) is 0 Å². The van der Waals surface area contributed by atoms with Gasteiger partial charge in [-0.15, -0.1) is 0 Å². The minimum absolute atomic E-state index is 0.138. The summed E-state index contributed by atoms with van der Waals surface area (Å²) < 4.78 is 0. The number of carbonyl (C=O) groups excluding carboxylic acids is 1. The van der Waals surface area contributed by atoms with Crippen molar-refractivity contribution in [2.75, 3.05) is 0 Å². The van der Waals surface area contributed by atoms with E-state index in [0.717, 1.165) is 18.8 Å². The molecule has 1 spiro atoms. The molecular formula is C11H14O. The summed E-state index contributed by atoms with van der Waals surface area (Å²) in [6.45, 7) is 0. The van der Waals surface area contributed by atoms with Crippen LogP contribution in [0.4, 0.5) is 0 Å². The first-order valence-electron chi connectivity index (χ1n) is 5.03. The van der Waals surface area contributed by atoms with Crippen molar-refractivity contribution in [3.05, 3.63) is 12.2 Å². The molecular weight excluding hydrogens is 148 g/mol. The molecule has 1 heteroatoms. The molecule has 0 aliphatic heterocycles. The molecule has 3 aliphatic rings. The maximum atomic E-state index is 11.8. The molecule has 12 heavy (non-hydrogen) atoms. The van der Waals surface area contributed by atoms with Crippen LogP contribution in [-0.2, 0) is 4.79 Å². The Bertz CT molecular complexity index is 266. The standard InChI is InChI=1S/C11H14O/c12-10-2-1-5-11(10)7-8-3-4-9(11)6-8/h3-4,8-9H,1-2,5-7H2/t8-,9+,11+/m1/s1. The van der Waals surface area contributed by atoms with E-state index in [1.165, 1.54) is 19.3 Å². The smallest absolute Gasteiger partial charge is 0.139 e. The molecule has 0 aromatic carbocycles. The van der Waals surface area contributed by atoms with Gasteiger partial charge in [0.05, 0.1) is 0 Å². The molecule has 2 bridgehead atoms. The average Bonchev–Trinajstić information content (AvgIpc) is 2.69. The Morgan fingerprint density at radius 1 is 1.42 bits per heavy atom. The summed E-state index contributed by atoms with van der Waals surface area (Å²) in [7, 11) is 0. The second kappa shape index (κ2) is 2.01. The van der Waals surface area contributed by atoms with E-state index in [2.05, 4.69) is 12.2 Å². The van der Waals surface area contributed by atoms with E-state index >= 15 is 0 Å². The van der Waals surface area contributed by atoms with Gasteiger partial charge in [-0.2, -0.15) is 0 Å². The molecule has 64 valence electrons. The maximum Gasteiger partial charge on any atom is 0.139 e. The van der Waals surface area contributed by atoms with E-state index in [0.29, 0.717) is 11.7 Å². The molecule has 0 unspecified atom stereocenters. The largest absolute Gasteiger partial charge is 0.299 e. The highest BCUT2D eigenvalue weighted by Crippen LogP contribution is 2.58. The Hall–Kier alpha value is -0.590. The van der Waals surface area contributed by atoms with Gasteiger partial charge in [-0.3, -0.25) is 4.79 Å². The molecule has 2 saturated carbocycles. The highest BCUT2D eigenvalue weighted by molar-refractivity contribution is 5.88. The molecule has 0 saturated heterocycles. The molecule has 0 amide bonds. The number of rotatable bonds is 0. The quantitative estimate of drug-likeness (QED) is 0.499. The fourth-order valence-corrected chi connectivity index (χ4v) is 3.52. The van der Waals surface area contributed by atoms with Gasteiger partial charge in [0.15, 0.2) is 0 Å². The van der Waals surface area contributed by atoms with Crippen LogP contribution < -0.4 is 0 Å². The van der Waals surface area contributed by atoms with Crippen molar-refractivity contribution in [2.45, 2.75) is 32.1 Å². The first kappa shape index (κ1) is 6.88. The number of ketones is 1. The lowest BCUT2D eigenvalue weighted by Gasteiger charge is -2.28. The van der Waals surface area contributed by atoms with Gasteiger partial charge >= 0.3 is 0 Å². The number of hydrogen-bond acceptors (Lipinski definition) is 1. The van der Waals surface area contributed by atoms with Gasteiger partial charge in [0.2, 0.25) is 0 Å². The van der Waals surface area contributed by atoms with Crippen LogP contribution in [0.1, 0.15) is 32.1 Å². The second-order valence-corrected chi connectivity index (χ2v) is 4.62. The van der Waals surface area contributed by atoms with Gasteiger partial charge in [0.25, 0.3) is 0 Å². The SMILES string of the molecule is O=C1CCC[C@@]12C[C@@H]1C=C[C@H]2C1. The number of hydrogen-bond donors (Lipinski definition) is 0. The lowest BCUT2D eigenvalue weighted by atomic mass is 9.74. The van der Waals surface area contributed by atoms with E-state index in [9.17, 15) is 4.79 Å². The van der Waals surface area contributed by atoms with Crippen LogP contribution in [0, 0.1) is 17.3 Å². The number of allylic oxidation sites excluding steroid dienone is 2. The van der Waals surface area contributed by atoms with Gasteiger partial charge in [-0.1, -0.05) is 12.2 Å². The minimum Gasteiger partial charge on any atom is -0.299 e. The first-order valence-corrected chi connectivity index (χ1v) is 5.03. The van der Waals surface area contributed by atoms with Crippen molar-refractivity contribution in [1.29, 1.82) is 0 Å². The van der Waals surface area contributed by atoms with Crippen molar-refractivity contribution in [3.63, 3.8) is 0 Å². The minimum atomic E-state index is 0.138. The molecule has 0 N–H and O–H groups in total. The van der Waals surface area contributed by atoms with Crippen molar-refractivity contribution in [3.8, 4) is 0 Å². The fourth-order valence-electron chi connectivity index (χ4n) is 3.52. The monoisotopic (exact) mass is 162 g/mol. The summed E-state index contributed by atoms with van der Waals surface area (Å²) in [6.07, 6.45) is 10.3. The molecule has 3 aliphatic carbocycles. The molecule has 0 aromatic rings. The Labute approximate surface area is 72.8 Å². The summed E-state index contributed by atoms with van der Waals surface area (Å²) >= 11 is 0. The fraction of sp³-hybridized carbons (Fsp3) is 0.727. The highest BCUT2D eigenvalue weighted by atomic mass is 16.1. The number of Topliss-reactive ketones (excluding diaryl/α,β-unsaturated/α-hetero) is 1. The number of carbonyl (C=O) groups is 1. The highest BCUT2D eigenvalue weighted by Gasteiger charge is 2.54. The topological polar surface area (TPSA) is 17.1 Å².